The number of fused-ring (bicyclic) bond motifs is 1. The fourth-order valence-corrected chi connectivity index (χ4v) is 2.42. The number of carbonyl (C=O) groups excluding carboxylic acids is 1. The van der Waals surface area contributed by atoms with E-state index in [2.05, 4.69) is 6.07 Å². The van der Waals surface area contributed by atoms with Gasteiger partial charge in [0.2, 0.25) is 0 Å². The molecule has 0 bridgehead atoms. The normalized spacial score (nSPS) is 17.4. The highest BCUT2D eigenvalue weighted by Gasteiger charge is 2.37. The first kappa shape index (κ1) is 11.5. The van der Waals surface area contributed by atoms with E-state index in [1.54, 1.807) is 29.4 Å². The predicted octanol–water partition coefficient (Wildman–Crippen LogP) is 2.81. The first-order valence-corrected chi connectivity index (χ1v) is 6.04. The topological polar surface area (TPSA) is 57.2 Å². The van der Waals surface area contributed by atoms with Crippen molar-refractivity contribution in [3.8, 4) is 6.07 Å². The molecular formula is C15H12N2O2. The van der Waals surface area contributed by atoms with Gasteiger partial charge in [-0.15, -0.1) is 0 Å². The van der Waals surface area contributed by atoms with Crippen LogP contribution >= 0.6 is 0 Å². The highest BCUT2D eigenvalue weighted by atomic mass is 16.3. The van der Waals surface area contributed by atoms with E-state index >= 15 is 0 Å². The lowest BCUT2D eigenvalue weighted by molar-refractivity contribution is 0.0732. The van der Waals surface area contributed by atoms with E-state index in [0.29, 0.717) is 17.9 Å². The van der Waals surface area contributed by atoms with Gasteiger partial charge in [0.15, 0.2) is 0 Å². The van der Waals surface area contributed by atoms with Crippen molar-refractivity contribution in [2.45, 2.75) is 19.5 Å². The molecule has 0 N–H and O–H groups in total. The molecule has 0 saturated carbocycles. The van der Waals surface area contributed by atoms with E-state index in [1.165, 1.54) is 0 Å². The molecule has 0 radical (unpaired) electrons. The summed E-state index contributed by atoms with van der Waals surface area (Å²) in [6.45, 7) is 2.27. The summed E-state index contributed by atoms with van der Waals surface area (Å²) in [5.74, 6) is 0.566. The van der Waals surface area contributed by atoms with Crippen LogP contribution in [-0.2, 0) is 6.54 Å². The summed E-state index contributed by atoms with van der Waals surface area (Å²) in [6, 6.07) is 10.8. The second-order valence-electron chi connectivity index (χ2n) is 4.63. The first-order valence-electron chi connectivity index (χ1n) is 6.04. The van der Waals surface area contributed by atoms with Crippen LogP contribution in [0, 0.1) is 18.3 Å². The number of benzene rings is 1. The van der Waals surface area contributed by atoms with Gasteiger partial charge in [0.05, 0.1) is 18.9 Å². The van der Waals surface area contributed by atoms with Crippen LogP contribution in [0.2, 0.25) is 0 Å². The number of amides is 1. The second kappa shape index (κ2) is 4.29. The first-order chi connectivity index (χ1) is 9.20. The summed E-state index contributed by atoms with van der Waals surface area (Å²) in [5, 5.41) is 9.35. The van der Waals surface area contributed by atoms with Crippen LogP contribution in [0.15, 0.2) is 41.0 Å². The number of hydrogen-bond acceptors (Lipinski definition) is 3. The van der Waals surface area contributed by atoms with Gasteiger partial charge in [-0.1, -0.05) is 17.7 Å². The summed E-state index contributed by atoms with van der Waals surface area (Å²) in [5.41, 5.74) is 2.45. The molecule has 94 valence electrons. The number of carbonyl (C=O) groups is 1. The maximum absolute atomic E-state index is 12.3. The molecule has 1 aliphatic rings. The molecule has 1 amide bonds. The van der Waals surface area contributed by atoms with Crippen LogP contribution in [0.25, 0.3) is 0 Å². The third kappa shape index (κ3) is 1.80. The smallest absolute Gasteiger partial charge is 0.256 e. The molecule has 19 heavy (non-hydrogen) atoms. The highest BCUT2D eigenvalue weighted by molar-refractivity contribution is 5.99. The quantitative estimate of drug-likeness (QED) is 0.825. The molecule has 0 saturated heterocycles. The number of furan rings is 1. The Bertz CT molecular complexity index is 668. The van der Waals surface area contributed by atoms with E-state index in [1.807, 2.05) is 19.1 Å². The Morgan fingerprint density at radius 1 is 1.42 bits per heavy atom. The van der Waals surface area contributed by atoms with Gasteiger partial charge in [-0.3, -0.25) is 4.79 Å². The molecular weight excluding hydrogens is 240 g/mol. The van der Waals surface area contributed by atoms with Crippen molar-refractivity contribution in [2.24, 2.45) is 0 Å². The third-order valence-corrected chi connectivity index (χ3v) is 3.33. The zero-order valence-electron chi connectivity index (χ0n) is 10.5. The van der Waals surface area contributed by atoms with E-state index in [0.717, 1.165) is 11.1 Å². The van der Waals surface area contributed by atoms with Crippen molar-refractivity contribution in [2.75, 3.05) is 0 Å². The number of rotatable bonds is 2. The Hall–Kier alpha value is -2.54. The van der Waals surface area contributed by atoms with Crippen LogP contribution in [0.1, 0.15) is 33.3 Å². The summed E-state index contributed by atoms with van der Waals surface area (Å²) in [6.07, 6.45) is 1.56. The molecule has 1 unspecified atom stereocenters. The molecule has 2 aromatic rings. The maximum atomic E-state index is 12.3. The fraction of sp³-hybridized carbons (Fsp3) is 0.200. The average molecular weight is 252 g/mol. The van der Waals surface area contributed by atoms with Crippen molar-refractivity contribution in [1.29, 1.82) is 5.26 Å². The molecule has 0 aliphatic carbocycles. The van der Waals surface area contributed by atoms with Crippen LogP contribution < -0.4 is 0 Å². The largest absolute Gasteiger partial charge is 0.467 e. The lowest BCUT2D eigenvalue weighted by Gasteiger charge is -2.18. The molecule has 3 rings (SSSR count). The van der Waals surface area contributed by atoms with E-state index in [-0.39, 0.29) is 5.91 Å². The van der Waals surface area contributed by atoms with Gasteiger partial charge >= 0.3 is 0 Å². The summed E-state index contributed by atoms with van der Waals surface area (Å²) >= 11 is 0. The molecule has 2 heterocycles. The number of nitrogens with zero attached hydrogens (tertiary/aromatic N) is 2. The van der Waals surface area contributed by atoms with Crippen molar-refractivity contribution >= 4 is 5.91 Å². The van der Waals surface area contributed by atoms with E-state index in [4.69, 9.17) is 4.42 Å². The second-order valence-corrected chi connectivity index (χ2v) is 4.63. The summed E-state index contributed by atoms with van der Waals surface area (Å²) < 4.78 is 5.26. The van der Waals surface area contributed by atoms with Gasteiger partial charge in [-0.05, 0) is 25.1 Å². The molecule has 1 atom stereocenters. The van der Waals surface area contributed by atoms with Gasteiger partial charge in [0, 0.05) is 11.1 Å². The average Bonchev–Trinajstić information content (AvgIpc) is 2.98. The van der Waals surface area contributed by atoms with E-state index in [9.17, 15) is 10.1 Å². The number of nitriles is 1. The predicted molar refractivity (Wildman–Crippen MR) is 68.1 cm³/mol. The van der Waals surface area contributed by atoms with Crippen molar-refractivity contribution < 1.29 is 9.21 Å². The molecule has 1 aromatic carbocycles. The van der Waals surface area contributed by atoms with Crippen molar-refractivity contribution in [3.05, 3.63) is 59.0 Å². The van der Waals surface area contributed by atoms with Crippen molar-refractivity contribution in [3.63, 3.8) is 0 Å². The number of aryl methyl sites for hydroxylation is 1. The lowest BCUT2D eigenvalue weighted by atomic mass is 10.0. The lowest BCUT2D eigenvalue weighted by Crippen LogP contribution is -2.26. The molecule has 4 heteroatoms. The third-order valence-electron chi connectivity index (χ3n) is 3.33. The van der Waals surface area contributed by atoms with Gasteiger partial charge in [-0.2, -0.15) is 5.26 Å². The fourth-order valence-electron chi connectivity index (χ4n) is 2.42. The van der Waals surface area contributed by atoms with Crippen LogP contribution in [0.3, 0.4) is 0 Å². The monoisotopic (exact) mass is 252 g/mol. The highest BCUT2D eigenvalue weighted by Crippen LogP contribution is 2.34. The Morgan fingerprint density at radius 2 is 2.26 bits per heavy atom. The van der Waals surface area contributed by atoms with Gasteiger partial charge < -0.3 is 9.32 Å². The van der Waals surface area contributed by atoms with E-state index < -0.39 is 6.04 Å². The Labute approximate surface area is 110 Å². The van der Waals surface area contributed by atoms with Crippen molar-refractivity contribution in [1.82, 2.24) is 4.90 Å². The molecule has 0 fully saturated rings. The molecule has 4 nitrogen and oxygen atoms in total. The Morgan fingerprint density at radius 3 is 2.95 bits per heavy atom. The van der Waals surface area contributed by atoms with Gasteiger partial charge in [-0.25, -0.2) is 0 Å². The maximum Gasteiger partial charge on any atom is 0.256 e. The standard InChI is InChI=1S/C15H12N2O2/c1-10-4-5-12-13(7-10)14(8-16)17(15(12)18)9-11-3-2-6-19-11/h2-7,14H,9H2,1H3. The zero-order valence-corrected chi connectivity index (χ0v) is 10.5. The molecule has 0 spiro atoms. The van der Waals surface area contributed by atoms with Gasteiger partial charge in [0.1, 0.15) is 11.8 Å². The molecule has 1 aliphatic heterocycles. The summed E-state index contributed by atoms with van der Waals surface area (Å²) in [4.78, 5) is 13.9. The summed E-state index contributed by atoms with van der Waals surface area (Å²) in [7, 11) is 0. The Balaban J connectivity index is 2.00. The van der Waals surface area contributed by atoms with Crippen LogP contribution in [-0.4, -0.2) is 10.8 Å². The Kier molecular flexibility index (Phi) is 2.60. The number of hydrogen-bond donors (Lipinski definition) is 0. The van der Waals surface area contributed by atoms with Gasteiger partial charge in [0.25, 0.3) is 5.91 Å². The minimum atomic E-state index is -0.535. The zero-order chi connectivity index (χ0) is 13.4. The van der Waals surface area contributed by atoms with Crippen LogP contribution in [0.4, 0.5) is 0 Å². The molecule has 1 aromatic heterocycles. The van der Waals surface area contributed by atoms with Crippen LogP contribution in [0.5, 0.6) is 0 Å². The minimum absolute atomic E-state index is 0.113. The SMILES string of the molecule is Cc1ccc2c(c1)C(C#N)N(Cc1ccco1)C2=O. The minimum Gasteiger partial charge on any atom is -0.467 e.